The van der Waals surface area contributed by atoms with E-state index in [1.54, 1.807) is 29.1 Å². The third kappa shape index (κ3) is 5.74. The average Bonchev–Trinajstić information content (AvgIpc) is 3.47. The number of anilines is 1. The molecule has 4 rings (SSSR count). The Bertz CT molecular complexity index is 1270. The van der Waals surface area contributed by atoms with Crippen LogP contribution in [-0.2, 0) is 17.9 Å². The van der Waals surface area contributed by atoms with E-state index in [0.717, 1.165) is 5.69 Å². The number of aromatic nitrogens is 5. The number of hydrogen-bond donors (Lipinski definition) is 3. The predicted molar refractivity (Wildman–Crippen MR) is 120 cm³/mol. The summed E-state index contributed by atoms with van der Waals surface area (Å²) >= 11 is 6.10. The van der Waals surface area contributed by atoms with Gasteiger partial charge in [-0.3, -0.25) is 14.6 Å². The molecule has 2 aromatic carbocycles. The quantitative estimate of drug-likeness (QED) is 0.342. The largest absolute Gasteiger partial charge is 0.486 e. The van der Waals surface area contributed by atoms with Gasteiger partial charge >= 0.3 is 5.97 Å². The van der Waals surface area contributed by atoms with Crippen LogP contribution in [0.5, 0.6) is 5.75 Å². The van der Waals surface area contributed by atoms with E-state index in [4.69, 9.17) is 21.4 Å². The van der Waals surface area contributed by atoms with Crippen molar-refractivity contribution in [2.45, 2.75) is 19.6 Å². The molecule has 0 unspecified atom stereocenters. The van der Waals surface area contributed by atoms with Crippen molar-refractivity contribution in [3.05, 3.63) is 77.2 Å². The van der Waals surface area contributed by atoms with Gasteiger partial charge in [0.2, 0.25) is 5.91 Å². The van der Waals surface area contributed by atoms with Crippen molar-refractivity contribution >= 4 is 29.2 Å². The van der Waals surface area contributed by atoms with Crippen molar-refractivity contribution in [1.82, 2.24) is 25.2 Å². The van der Waals surface area contributed by atoms with Crippen LogP contribution in [0.15, 0.2) is 60.8 Å². The minimum Gasteiger partial charge on any atom is -0.486 e. The Balaban J connectivity index is 1.36. The summed E-state index contributed by atoms with van der Waals surface area (Å²) in [6.45, 7) is 0.476. The fourth-order valence-electron chi connectivity index (χ4n) is 3.02. The number of hydrogen-bond acceptors (Lipinski definition) is 6. The maximum atomic E-state index is 12.1. The molecule has 0 saturated carbocycles. The van der Waals surface area contributed by atoms with Gasteiger partial charge in [-0.25, -0.2) is 4.79 Å². The van der Waals surface area contributed by atoms with Crippen molar-refractivity contribution < 1.29 is 19.4 Å². The number of aromatic carboxylic acids is 1. The molecular weight excluding hydrogens is 448 g/mol. The van der Waals surface area contributed by atoms with E-state index in [2.05, 4.69) is 25.8 Å². The molecule has 0 fully saturated rings. The molecule has 0 saturated heterocycles. The molecule has 33 heavy (non-hydrogen) atoms. The van der Waals surface area contributed by atoms with Crippen LogP contribution in [0.2, 0.25) is 5.02 Å². The molecule has 0 bridgehead atoms. The summed E-state index contributed by atoms with van der Waals surface area (Å²) in [6, 6.07) is 15.6. The summed E-state index contributed by atoms with van der Waals surface area (Å²) in [5.41, 5.74) is 2.18. The molecule has 1 amide bonds. The molecule has 10 nitrogen and oxygen atoms in total. The average molecular weight is 467 g/mol. The summed E-state index contributed by atoms with van der Waals surface area (Å²) in [7, 11) is 0. The van der Waals surface area contributed by atoms with E-state index < -0.39 is 5.97 Å². The van der Waals surface area contributed by atoms with Crippen LogP contribution in [0.4, 0.5) is 5.69 Å². The van der Waals surface area contributed by atoms with Gasteiger partial charge in [-0.05, 0) is 36.4 Å². The number of carbonyl (C=O) groups excluding carboxylic acids is 1. The van der Waals surface area contributed by atoms with Crippen LogP contribution in [-0.4, -0.2) is 42.2 Å². The number of H-pyrrole nitrogens is 1. The van der Waals surface area contributed by atoms with E-state index in [1.165, 1.54) is 6.07 Å². The van der Waals surface area contributed by atoms with Crippen molar-refractivity contribution in [3.8, 4) is 17.0 Å². The summed E-state index contributed by atoms with van der Waals surface area (Å²) < 4.78 is 7.43. The molecule has 11 heteroatoms. The highest BCUT2D eigenvalue weighted by Crippen LogP contribution is 2.32. The van der Waals surface area contributed by atoms with Gasteiger partial charge in [-0.2, -0.15) is 5.10 Å². The number of amides is 1. The molecule has 168 valence electrons. The molecule has 3 N–H and O–H groups in total. The second-order valence-corrected chi connectivity index (χ2v) is 7.47. The molecule has 0 spiro atoms. The van der Waals surface area contributed by atoms with Crippen LogP contribution < -0.4 is 10.1 Å². The fraction of sp³-hybridized carbons (Fsp3) is 0.136. The summed E-state index contributed by atoms with van der Waals surface area (Å²) in [6.07, 6.45) is 1.94. The Morgan fingerprint density at radius 3 is 2.73 bits per heavy atom. The maximum Gasteiger partial charge on any atom is 0.353 e. The Morgan fingerprint density at radius 2 is 1.97 bits per heavy atom. The number of carboxylic acid groups (broad SMARTS) is 1. The number of nitrogens with one attached hydrogen (secondary N) is 2. The Kier molecular flexibility index (Phi) is 6.65. The summed E-state index contributed by atoms with van der Waals surface area (Å²) in [5.74, 6) is -0.785. The van der Waals surface area contributed by atoms with Gasteiger partial charge in [0.15, 0.2) is 0 Å². The smallest absolute Gasteiger partial charge is 0.353 e. The Hall–Kier alpha value is -4.18. The number of carbonyl (C=O) groups is 2. The normalized spacial score (nSPS) is 10.7. The first kappa shape index (κ1) is 22.0. The predicted octanol–water partition coefficient (Wildman–Crippen LogP) is 3.63. The first-order valence-electron chi connectivity index (χ1n) is 9.93. The molecule has 4 aromatic rings. The van der Waals surface area contributed by atoms with Crippen molar-refractivity contribution in [3.63, 3.8) is 0 Å². The van der Waals surface area contributed by atoms with Gasteiger partial charge in [0.05, 0.1) is 18.4 Å². The zero-order valence-electron chi connectivity index (χ0n) is 17.2. The monoisotopic (exact) mass is 466 g/mol. The zero-order valence-corrected chi connectivity index (χ0v) is 18.0. The molecule has 0 aliphatic carbocycles. The van der Waals surface area contributed by atoms with Crippen molar-refractivity contribution in [2.24, 2.45) is 0 Å². The maximum absolute atomic E-state index is 12.1. The lowest BCUT2D eigenvalue weighted by atomic mass is 10.1. The Labute approximate surface area is 193 Å². The number of para-hydroxylation sites is 1. The highest BCUT2D eigenvalue weighted by Gasteiger charge is 2.15. The second-order valence-electron chi connectivity index (χ2n) is 7.04. The molecule has 0 aliphatic rings. The van der Waals surface area contributed by atoms with Crippen LogP contribution in [0.1, 0.15) is 22.6 Å². The SMILES string of the molecule is O=C(CCn1cc(COc2ccc(Cl)cc2-c2cc(C(=O)O)[nH]n2)nn1)Nc1ccccc1. The Morgan fingerprint density at radius 1 is 1.15 bits per heavy atom. The van der Waals surface area contributed by atoms with Gasteiger partial charge in [-0.15, -0.1) is 5.10 Å². The van der Waals surface area contributed by atoms with E-state index >= 15 is 0 Å². The number of aryl methyl sites for hydroxylation is 1. The first-order valence-corrected chi connectivity index (χ1v) is 10.3. The minimum atomic E-state index is -1.12. The van der Waals surface area contributed by atoms with Crippen LogP contribution >= 0.6 is 11.6 Å². The minimum absolute atomic E-state index is 0.0461. The topological polar surface area (TPSA) is 135 Å². The van der Waals surface area contributed by atoms with Crippen molar-refractivity contribution in [2.75, 3.05) is 5.32 Å². The van der Waals surface area contributed by atoms with E-state index in [9.17, 15) is 9.59 Å². The standard InChI is InChI=1S/C22H19ClN6O4/c23-14-6-7-20(17(10-14)18-11-19(22(31)32)27-26-18)33-13-16-12-29(28-25-16)9-8-21(30)24-15-4-2-1-3-5-15/h1-7,10-12H,8-9,13H2,(H,24,30)(H,26,27)(H,31,32). The number of ether oxygens (including phenoxy) is 1. The first-order chi connectivity index (χ1) is 16.0. The number of rotatable bonds is 9. The molecule has 2 aromatic heterocycles. The number of nitrogens with zero attached hydrogens (tertiary/aromatic N) is 4. The number of carboxylic acids is 1. The second kappa shape index (κ2) is 9.96. The van der Waals surface area contributed by atoms with E-state index in [-0.39, 0.29) is 24.6 Å². The van der Waals surface area contributed by atoms with E-state index in [0.29, 0.717) is 34.3 Å². The lowest BCUT2D eigenvalue weighted by Gasteiger charge is -2.09. The lowest BCUT2D eigenvalue weighted by molar-refractivity contribution is -0.116. The number of aromatic amines is 1. The van der Waals surface area contributed by atoms with Crippen LogP contribution in [0.25, 0.3) is 11.3 Å². The van der Waals surface area contributed by atoms with Gasteiger partial charge in [0.25, 0.3) is 0 Å². The fourth-order valence-corrected chi connectivity index (χ4v) is 3.20. The van der Waals surface area contributed by atoms with Crippen LogP contribution in [0, 0.1) is 0 Å². The van der Waals surface area contributed by atoms with Gasteiger partial charge in [-0.1, -0.05) is 35.0 Å². The van der Waals surface area contributed by atoms with Gasteiger partial charge in [0, 0.05) is 22.7 Å². The molecule has 0 radical (unpaired) electrons. The number of benzene rings is 2. The zero-order chi connectivity index (χ0) is 23.2. The van der Waals surface area contributed by atoms with E-state index in [1.807, 2.05) is 30.3 Å². The van der Waals surface area contributed by atoms with Crippen LogP contribution in [0.3, 0.4) is 0 Å². The molecule has 0 atom stereocenters. The molecule has 2 heterocycles. The third-order valence-electron chi connectivity index (χ3n) is 4.61. The number of halogens is 1. The highest BCUT2D eigenvalue weighted by molar-refractivity contribution is 6.31. The lowest BCUT2D eigenvalue weighted by Crippen LogP contribution is -2.14. The third-order valence-corrected chi connectivity index (χ3v) is 4.85. The molecule has 0 aliphatic heterocycles. The molecular formula is C22H19ClN6O4. The summed E-state index contributed by atoms with van der Waals surface area (Å²) in [4.78, 5) is 23.2. The highest BCUT2D eigenvalue weighted by atomic mass is 35.5. The van der Waals surface area contributed by atoms with Crippen molar-refractivity contribution in [1.29, 1.82) is 0 Å². The van der Waals surface area contributed by atoms with Gasteiger partial charge in [0.1, 0.15) is 23.7 Å². The van der Waals surface area contributed by atoms with Gasteiger partial charge < -0.3 is 15.2 Å². The summed E-state index contributed by atoms with van der Waals surface area (Å²) in [5, 5.41) is 27.0.